The van der Waals surface area contributed by atoms with Gasteiger partial charge in [0.05, 0.1) is 16.2 Å². The highest BCUT2D eigenvalue weighted by Crippen LogP contribution is 2.37. The lowest BCUT2D eigenvalue weighted by Gasteiger charge is -2.14. The smallest absolute Gasteiger partial charge is 0.252 e. The quantitative estimate of drug-likeness (QED) is 0.842. The van der Waals surface area contributed by atoms with Crippen molar-refractivity contribution in [2.45, 2.75) is 17.1 Å². The monoisotopic (exact) mass is 390 g/mol. The predicted octanol–water partition coefficient (Wildman–Crippen LogP) is 1.24. The number of nitrogens with one attached hydrogen (secondary N) is 1. The summed E-state index contributed by atoms with van der Waals surface area (Å²) in [5.74, 6) is -0.649. The molecule has 0 unspecified atom stereocenters. The van der Waals surface area contributed by atoms with E-state index >= 15 is 0 Å². The first-order chi connectivity index (χ1) is 11.3. The molecule has 1 amide bonds. The number of amides is 1. The van der Waals surface area contributed by atoms with Gasteiger partial charge in [-0.2, -0.15) is 9.29 Å². The molecule has 2 aromatic rings. The Balaban J connectivity index is 1.93. The van der Waals surface area contributed by atoms with Gasteiger partial charge in [0.15, 0.2) is 5.82 Å². The molecule has 3 rings (SSSR count). The van der Waals surface area contributed by atoms with Crippen LogP contribution in [-0.2, 0) is 14.8 Å². The molecule has 1 fully saturated rings. The fourth-order valence-electron chi connectivity index (χ4n) is 2.69. The number of sulfonamides is 1. The van der Waals surface area contributed by atoms with Gasteiger partial charge in [0.2, 0.25) is 11.8 Å². The van der Waals surface area contributed by atoms with Gasteiger partial charge in [-0.05, 0) is 19.1 Å². The Bertz CT molecular complexity index is 863. The number of carbonyl (C=O) groups is 1. The van der Waals surface area contributed by atoms with Crippen LogP contribution in [0.15, 0.2) is 20.9 Å². The van der Waals surface area contributed by atoms with Crippen molar-refractivity contribution in [3.63, 3.8) is 0 Å². The fraction of sp³-hybridized carbons (Fsp3) is 0.462. The van der Waals surface area contributed by atoms with Crippen LogP contribution >= 0.6 is 22.9 Å². The minimum absolute atomic E-state index is 0.0453. The predicted molar refractivity (Wildman–Crippen MR) is 87.4 cm³/mol. The van der Waals surface area contributed by atoms with E-state index < -0.39 is 21.9 Å². The molecule has 0 aliphatic carbocycles. The van der Waals surface area contributed by atoms with Crippen LogP contribution in [0, 0.1) is 12.8 Å². The third-order valence-electron chi connectivity index (χ3n) is 3.87. The second-order valence-corrected chi connectivity index (χ2v) is 9.27. The maximum absolute atomic E-state index is 12.8. The van der Waals surface area contributed by atoms with Crippen LogP contribution in [0.2, 0.25) is 4.34 Å². The van der Waals surface area contributed by atoms with Crippen LogP contribution in [0.25, 0.3) is 0 Å². The average Bonchev–Trinajstić information content (AvgIpc) is 3.25. The first-order valence-electron chi connectivity index (χ1n) is 7.10. The highest BCUT2D eigenvalue weighted by molar-refractivity contribution is 7.91. The standard InChI is InChI=1S/C13H15ClN4O4S2/c1-7-16-13(22-17-7)9-6-18(5-8(9)12(19)15-2)24(20,21)11-4-3-10(14)23-11/h3-4,8-9H,5-6H2,1-2H3,(H,15,19)/t8-,9-/m1/s1. The van der Waals surface area contributed by atoms with Crippen molar-refractivity contribution in [2.75, 3.05) is 20.1 Å². The maximum atomic E-state index is 12.8. The minimum Gasteiger partial charge on any atom is -0.359 e. The highest BCUT2D eigenvalue weighted by Gasteiger charge is 2.46. The lowest BCUT2D eigenvalue weighted by atomic mass is 9.95. The minimum atomic E-state index is -3.73. The van der Waals surface area contributed by atoms with Gasteiger partial charge >= 0.3 is 0 Å². The van der Waals surface area contributed by atoms with E-state index in [4.69, 9.17) is 16.1 Å². The van der Waals surface area contributed by atoms with Crippen LogP contribution in [0.4, 0.5) is 0 Å². The second kappa shape index (κ2) is 6.43. The third kappa shape index (κ3) is 3.06. The largest absolute Gasteiger partial charge is 0.359 e. The molecule has 24 heavy (non-hydrogen) atoms. The van der Waals surface area contributed by atoms with Crippen molar-refractivity contribution >= 4 is 38.9 Å². The van der Waals surface area contributed by atoms with E-state index in [-0.39, 0.29) is 29.1 Å². The molecule has 1 saturated heterocycles. The molecular formula is C13H15ClN4O4S2. The van der Waals surface area contributed by atoms with Crippen molar-refractivity contribution in [1.82, 2.24) is 19.8 Å². The Morgan fingerprint density at radius 3 is 2.75 bits per heavy atom. The molecular weight excluding hydrogens is 376 g/mol. The Labute approximate surface area is 147 Å². The number of carbonyl (C=O) groups excluding carboxylic acids is 1. The number of thiophene rings is 1. The first-order valence-corrected chi connectivity index (χ1v) is 9.73. The van der Waals surface area contributed by atoms with E-state index in [0.717, 1.165) is 11.3 Å². The van der Waals surface area contributed by atoms with Crippen LogP contribution in [0.5, 0.6) is 0 Å². The van der Waals surface area contributed by atoms with E-state index in [2.05, 4.69) is 15.5 Å². The van der Waals surface area contributed by atoms with E-state index in [1.165, 1.54) is 23.5 Å². The summed E-state index contributed by atoms with van der Waals surface area (Å²) in [4.78, 5) is 16.3. The van der Waals surface area contributed by atoms with Gasteiger partial charge in [0, 0.05) is 20.1 Å². The lowest BCUT2D eigenvalue weighted by molar-refractivity contribution is -0.124. The number of rotatable bonds is 4. The normalized spacial score (nSPS) is 22.0. The lowest BCUT2D eigenvalue weighted by Crippen LogP contribution is -2.33. The third-order valence-corrected chi connectivity index (χ3v) is 7.40. The molecule has 0 saturated carbocycles. The summed E-state index contributed by atoms with van der Waals surface area (Å²) in [6, 6.07) is 2.99. The van der Waals surface area contributed by atoms with Crippen LogP contribution in [0.3, 0.4) is 0 Å². The summed E-state index contributed by atoms with van der Waals surface area (Å²) < 4.78 is 32.5. The zero-order valence-electron chi connectivity index (χ0n) is 12.9. The summed E-state index contributed by atoms with van der Waals surface area (Å²) >= 11 is 6.82. The van der Waals surface area contributed by atoms with Crippen molar-refractivity contribution in [2.24, 2.45) is 5.92 Å². The van der Waals surface area contributed by atoms with Gasteiger partial charge in [-0.1, -0.05) is 16.8 Å². The molecule has 130 valence electrons. The van der Waals surface area contributed by atoms with E-state index in [0.29, 0.717) is 10.2 Å². The van der Waals surface area contributed by atoms with E-state index in [9.17, 15) is 13.2 Å². The number of halogens is 1. The van der Waals surface area contributed by atoms with Gasteiger partial charge in [0.25, 0.3) is 10.0 Å². The summed E-state index contributed by atoms with van der Waals surface area (Å²) in [5, 5.41) is 6.29. The molecule has 0 radical (unpaired) electrons. The zero-order valence-corrected chi connectivity index (χ0v) is 15.3. The summed E-state index contributed by atoms with van der Waals surface area (Å²) in [6.45, 7) is 1.81. The SMILES string of the molecule is CNC(=O)[C@@H]1CN(S(=O)(=O)c2ccc(Cl)s2)C[C@H]1c1nc(C)no1. The molecule has 1 aliphatic heterocycles. The van der Waals surface area contributed by atoms with E-state index in [1.54, 1.807) is 6.92 Å². The van der Waals surface area contributed by atoms with Crippen molar-refractivity contribution in [3.8, 4) is 0 Å². The summed E-state index contributed by atoms with van der Waals surface area (Å²) in [7, 11) is -2.22. The zero-order chi connectivity index (χ0) is 17.5. The number of aromatic nitrogens is 2. The van der Waals surface area contributed by atoms with Gasteiger partial charge in [0.1, 0.15) is 4.21 Å². The van der Waals surface area contributed by atoms with Gasteiger partial charge < -0.3 is 9.84 Å². The fourth-order valence-corrected chi connectivity index (χ4v) is 5.82. The van der Waals surface area contributed by atoms with Crippen molar-refractivity contribution < 1.29 is 17.7 Å². The second-order valence-electron chi connectivity index (χ2n) is 5.39. The molecule has 11 heteroatoms. The molecule has 0 spiro atoms. The molecule has 0 aromatic carbocycles. The van der Waals surface area contributed by atoms with Crippen molar-refractivity contribution in [1.29, 1.82) is 0 Å². The Hall–Kier alpha value is -1.49. The van der Waals surface area contributed by atoms with Crippen LogP contribution < -0.4 is 5.32 Å². The van der Waals surface area contributed by atoms with Crippen molar-refractivity contribution in [3.05, 3.63) is 28.2 Å². The molecule has 2 aromatic heterocycles. The van der Waals surface area contributed by atoms with Gasteiger partial charge in [-0.3, -0.25) is 4.79 Å². The Morgan fingerprint density at radius 1 is 1.46 bits per heavy atom. The Kier molecular flexibility index (Phi) is 4.65. The first kappa shape index (κ1) is 17.3. The maximum Gasteiger partial charge on any atom is 0.252 e. The summed E-state index contributed by atoms with van der Waals surface area (Å²) in [5.41, 5.74) is 0. The molecule has 2 atom stereocenters. The molecule has 1 N–H and O–H groups in total. The topological polar surface area (TPSA) is 105 Å². The van der Waals surface area contributed by atoms with Gasteiger partial charge in [-0.15, -0.1) is 11.3 Å². The average molecular weight is 391 g/mol. The molecule has 0 bridgehead atoms. The Morgan fingerprint density at radius 2 is 2.21 bits per heavy atom. The molecule has 3 heterocycles. The molecule has 8 nitrogen and oxygen atoms in total. The van der Waals surface area contributed by atoms with Crippen LogP contribution in [-0.4, -0.2) is 48.9 Å². The number of nitrogens with zero attached hydrogens (tertiary/aromatic N) is 3. The number of hydrogen-bond acceptors (Lipinski definition) is 7. The van der Waals surface area contributed by atoms with E-state index in [1.807, 2.05) is 0 Å². The van der Waals surface area contributed by atoms with Crippen LogP contribution in [0.1, 0.15) is 17.6 Å². The highest BCUT2D eigenvalue weighted by atomic mass is 35.5. The van der Waals surface area contributed by atoms with Gasteiger partial charge in [-0.25, -0.2) is 8.42 Å². The molecule has 1 aliphatic rings. The number of hydrogen-bond donors (Lipinski definition) is 1. The number of aryl methyl sites for hydroxylation is 1. The summed E-state index contributed by atoms with van der Waals surface area (Å²) in [6.07, 6.45) is 0.